The first-order chi connectivity index (χ1) is 23.2. The summed E-state index contributed by atoms with van der Waals surface area (Å²) in [5.41, 5.74) is 3.77. The van der Waals surface area contributed by atoms with Crippen molar-refractivity contribution in [1.82, 2.24) is 15.1 Å². The second kappa shape index (κ2) is 14.5. The van der Waals surface area contributed by atoms with Crippen molar-refractivity contribution in [2.75, 3.05) is 56.6 Å². The van der Waals surface area contributed by atoms with Crippen LogP contribution in [0.2, 0.25) is 5.02 Å². The lowest BCUT2D eigenvalue weighted by molar-refractivity contribution is -0.134. The normalized spacial score (nSPS) is 15.8. The molecule has 2 aliphatic rings. The third-order valence-corrected chi connectivity index (χ3v) is 9.37. The Morgan fingerprint density at radius 1 is 0.917 bits per heavy atom. The van der Waals surface area contributed by atoms with Gasteiger partial charge in [-0.1, -0.05) is 41.9 Å². The molecule has 10 nitrogen and oxygen atoms in total. The van der Waals surface area contributed by atoms with Crippen molar-refractivity contribution < 1.29 is 18.8 Å². The van der Waals surface area contributed by atoms with E-state index in [-0.39, 0.29) is 29.4 Å². The molecular formula is C37H40ClN5O5. The smallest absolute Gasteiger partial charge is 0.287 e. The Balaban J connectivity index is 1.18. The fraction of sp³-hybridized carbons (Fsp3) is 0.351. The summed E-state index contributed by atoms with van der Waals surface area (Å²) < 4.78 is 5.86. The van der Waals surface area contributed by atoms with Crippen molar-refractivity contribution in [3.8, 4) is 0 Å². The largest absolute Gasteiger partial charge is 0.451 e. The Labute approximate surface area is 284 Å². The number of piperazine rings is 1. The summed E-state index contributed by atoms with van der Waals surface area (Å²) in [6.45, 7) is 3.48. The Hall–Kier alpha value is -4.83. The highest BCUT2D eigenvalue weighted by atomic mass is 35.5. The van der Waals surface area contributed by atoms with E-state index in [0.29, 0.717) is 55.1 Å². The zero-order chi connectivity index (χ0) is 33.8. The molecule has 1 N–H and O–H groups in total. The number of hydrogen-bond donors (Lipinski definition) is 1. The van der Waals surface area contributed by atoms with Gasteiger partial charge in [-0.3, -0.25) is 19.2 Å². The Kier molecular flexibility index (Phi) is 10.0. The molecule has 1 aromatic heterocycles. The molecule has 250 valence electrons. The number of likely N-dealkylation sites (tertiary alicyclic amines) is 1. The van der Waals surface area contributed by atoms with E-state index in [1.54, 1.807) is 29.2 Å². The number of para-hydroxylation sites is 1. The number of anilines is 2. The zero-order valence-electron chi connectivity index (χ0n) is 27.3. The predicted molar refractivity (Wildman–Crippen MR) is 188 cm³/mol. The van der Waals surface area contributed by atoms with E-state index >= 15 is 0 Å². The molecular weight excluding hydrogens is 630 g/mol. The monoisotopic (exact) mass is 669 g/mol. The van der Waals surface area contributed by atoms with Gasteiger partial charge in [0, 0.05) is 88.7 Å². The average Bonchev–Trinajstić information content (AvgIpc) is 3.09. The van der Waals surface area contributed by atoms with Crippen LogP contribution in [0.5, 0.6) is 0 Å². The molecule has 2 fully saturated rings. The standard InChI is InChI=1S/C37H40ClN5O5/c1-40(2)28-14-15-33-29(22-28)32(44)23-34(48-33)36(46)39-30(21-25-10-12-27(38)13-11-25)37(47)42-19-17-41(18-20-42)31-8-4-3-7-26(31)24-43-16-6-5-9-35(43)45/h3-4,7-8,10-15,22-23,30H,5-6,9,16-21,24H2,1-2H3,(H,39,46)/t30-/m1/s1. The molecule has 1 atom stereocenters. The topological polar surface area (TPSA) is 106 Å². The van der Waals surface area contributed by atoms with Crippen LogP contribution in [-0.2, 0) is 22.6 Å². The zero-order valence-corrected chi connectivity index (χ0v) is 28.0. The average molecular weight is 670 g/mol. The van der Waals surface area contributed by atoms with Crippen molar-refractivity contribution in [1.29, 1.82) is 0 Å². The molecule has 0 bridgehead atoms. The molecule has 3 heterocycles. The van der Waals surface area contributed by atoms with Crippen LogP contribution < -0.4 is 20.5 Å². The van der Waals surface area contributed by atoms with Gasteiger partial charge in [0.2, 0.25) is 11.8 Å². The molecule has 3 amide bonds. The number of nitrogens with zero attached hydrogens (tertiary/aromatic N) is 4. The fourth-order valence-corrected chi connectivity index (χ4v) is 6.52. The third kappa shape index (κ3) is 7.49. The fourth-order valence-electron chi connectivity index (χ4n) is 6.40. The van der Waals surface area contributed by atoms with Crippen molar-refractivity contribution >= 4 is 51.7 Å². The molecule has 0 saturated carbocycles. The lowest BCUT2D eigenvalue weighted by atomic mass is 10.0. The minimum absolute atomic E-state index is 0.160. The maximum absolute atomic E-state index is 14.1. The SMILES string of the molecule is CN(C)c1ccc2oc(C(=O)N[C@H](Cc3ccc(Cl)cc3)C(=O)N3CCN(c4ccccc4CN4CCCCC4=O)CC3)cc(=O)c2c1. The number of amides is 3. The van der Waals surface area contributed by atoms with Gasteiger partial charge in [0.15, 0.2) is 11.2 Å². The minimum Gasteiger partial charge on any atom is -0.451 e. The van der Waals surface area contributed by atoms with E-state index in [1.165, 1.54) is 6.07 Å². The van der Waals surface area contributed by atoms with Crippen molar-refractivity contribution in [2.24, 2.45) is 0 Å². The molecule has 2 saturated heterocycles. The number of piperidine rings is 1. The highest BCUT2D eigenvalue weighted by Gasteiger charge is 2.31. The van der Waals surface area contributed by atoms with E-state index < -0.39 is 11.9 Å². The number of rotatable bonds is 9. The highest BCUT2D eigenvalue weighted by Crippen LogP contribution is 2.26. The van der Waals surface area contributed by atoms with Gasteiger partial charge in [0.1, 0.15) is 11.6 Å². The van der Waals surface area contributed by atoms with Crippen molar-refractivity contribution in [2.45, 2.75) is 38.3 Å². The van der Waals surface area contributed by atoms with E-state index in [2.05, 4.69) is 22.3 Å². The van der Waals surface area contributed by atoms with Crippen molar-refractivity contribution in [3.05, 3.63) is 105 Å². The Morgan fingerprint density at radius 3 is 2.40 bits per heavy atom. The summed E-state index contributed by atoms with van der Waals surface area (Å²) in [5.74, 6) is -0.823. The van der Waals surface area contributed by atoms with E-state index in [0.717, 1.165) is 41.9 Å². The van der Waals surface area contributed by atoms with Crippen LogP contribution in [0.3, 0.4) is 0 Å². The quantitative estimate of drug-likeness (QED) is 0.275. The summed E-state index contributed by atoms with van der Waals surface area (Å²) in [6, 6.07) is 20.8. The molecule has 6 rings (SSSR count). The first kappa shape index (κ1) is 33.1. The molecule has 4 aromatic rings. The first-order valence-corrected chi connectivity index (χ1v) is 16.7. The lowest BCUT2D eigenvalue weighted by Gasteiger charge is -2.39. The summed E-state index contributed by atoms with van der Waals surface area (Å²) in [7, 11) is 3.75. The number of halogens is 1. The van der Waals surface area contributed by atoms with Crippen LogP contribution >= 0.6 is 11.6 Å². The first-order valence-electron chi connectivity index (χ1n) is 16.4. The highest BCUT2D eigenvalue weighted by molar-refractivity contribution is 6.30. The molecule has 0 spiro atoms. The summed E-state index contributed by atoms with van der Waals surface area (Å²) in [6.07, 6.45) is 2.80. The number of carbonyl (C=O) groups is 3. The Morgan fingerprint density at radius 2 is 1.67 bits per heavy atom. The molecule has 0 aliphatic carbocycles. The number of hydrogen-bond acceptors (Lipinski definition) is 7. The maximum Gasteiger partial charge on any atom is 0.287 e. The summed E-state index contributed by atoms with van der Waals surface area (Å²) >= 11 is 6.11. The van der Waals surface area contributed by atoms with E-state index in [4.69, 9.17) is 16.0 Å². The van der Waals surface area contributed by atoms with Crippen LogP contribution in [0, 0.1) is 0 Å². The number of benzene rings is 3. The number of carbonyl (C=O) groups excluding carboxylic acids is 3. The third-order valence-electron chi connectivity index (χ3n) is 9.11. The summed E-state index contributed by atoms with van der Waals surface area (Å²) in [4.78, 5) is 60.9. The second-order valence-electron chi connectivity index (χ2n) is 12.6. The van der Waals surface area contributed by atoms with Crippen LogP contribution in [-0.4, -0.2) is 80.4 Å². The van der Waals surface area contributed by atoms with Crippen molar-refractivity contribution in [3.63, 3.8) is 0 Å². The molecule has 3 aromatic carbocycles. The lowest BCUT2D eigenvalue weighted by Crippen LogP contribution is -2.55. The van der Waals surface area contributed by atoms with Crippen LogP contribution in [0.15, 0.2) is 82.0 Å². The minimum atomic E-state index is -0.903. The van der Waals surface area contributed by atoms with Crippen LogP contribution in [0.25, 0.3) is 11.0 Å². The molecule has 0 unspecified atom stereocenters. The predicted octanol–water partition coefficient (Wildman–Crippen LogP) is 4.71. The molecule has 0 radical (unpaired) electrons. The number of fused-ring (bicyclic) bond motifs is 1. The second-order valence-corrected chi connectivity index (χ2v) is 13.1. The summed E-state index contributed by atoms with van der Waals surface area (Å²) in [5, 5.41) is 3.80. The van der Waals surface area contributed by atoms with Gasteiger partial charge in [0.05, 0.1) is 5.39 Å². The molecule has 2 aliphatic heterocycles. The number of nitrogens with one attached hydrogen (secondary N) is 1. The van der Waals surface area contributed by atoms with Gasteiger partial charge in [0.25, 0.3) is 5.91 Å². The van der Waals surface area contributed by atoms with Gasteiger partial charge in [-0.2, -0.15) is 0 Å². The van der Waals surface area contributed by atoms with Gasteiger partial charge in [-0.05, 0) is 60.4 Å². The van der Waals surface area contributed by atoms with Gasteiger partial charge in [-0.15, -0.1) is 0 Å². The Bertz CT molecular complexity index is 1870. The molecule has 48 heavy (non-hydrogen) atoms. The van der Waals surface area contributed by atoms with E-state index in [1.807, 2.05) is 54.2 Å². The van der Waals surface area contributed by atoms with Gasteiger partial charge >= 0.3 is 0 Å². The van der Waals surface area contributed by atoms with Crippen LogP contribution in [0.4, 0.5) is 11.4 Å². The van der Waals surface area contributed by atoms with Gasteiger partial charge in [-0.25, -0.2) is 0 Å². The molecule has 11 heteroatoms. The maximum atomic E-state index is 14.1. The van der Waals surface area contributed by atoms with Crippen LogP contribution in [0.1, 0.15) is 40.9 Å². The van der Waals surface area contributed by atoms with Gasteiger partial charge < -0.3 is 29.3 Å². The van der Waals surface area contributed by atoms with E-state index in [9.17, 15) is 19.2 Å².